The van der Waals surface area contributed by atoms with E-state index in [0.29, 0.717) is 10.5 Å². The van der Waals surface area contributed by atoms with Gasteiger partial charge in [-0.05, 0) is 15.9 Å². The van der Waals surface area contributed by atoms with Crippen LogP contribution in [0.25, 0.3) is 5.78 Å². The second-order valence-electron chi connectivity index (χ2n) is 1.49. The predicted octanol–water partition coefficient (Wildman–Crippen LogP) is 0.215. The van der Waals surface area contributed by atoms with Crippen molar-refractivity contribution in [3.63, 3.8) is 0 Å². The van der Waals surface area contributed by atoms with Crippen molar-refractivity contribution in [1.29, 1.82) is 0 Å². The predicted molar refractivity (Wildman–Crippen MR) is 32.8 cm³/mol. The highest BCUT2D eigenvalue weighted by Crippen LogP contribution is 2.03. The average Bonchev–Trinajstić information content (AvgIpc) is 2.35. The SMILES string of the molecule is Brc1nnc2nc[nH]n12. The highest BCUT2D eigenvalue weighted by Gasteiger charge is 2.00. The molecule has 2 rings (SSSR count). The number of hydrogen-bond donors (Lipinski definition) is 1. The maximum absolute atomic E-state index is 3.84. The van der Waals surface area contributed by atoms with Crippen LogP contribution in [-0.2, 0) is 0 Å². The number of aromatic nitrogens is 5. The minimum absolute atomic E-state index is 0.571. The Morgan fingerprint density at radius 1 is 1.56 bits per heavy atom. The molecule has 0 saturated heterocycles. The Hall–Kier alpha value is -0.910. The molecule has 0 radical (unpaired) electrons. The van der Waals surface area contributed by atoms with Gasteiger partial charge < -0.3 is 0 Å². The molecule has 2 aromatic heterocycles. The largest absolute Gasteiger partial charge is 0.278 e. The number of fused-ring (bicyclic) bond motifs is 1. The van der Waals surface area contributed by atoms with Crippen LogP contribution in [0.5, 0.6) is 0 Å². The molecule has 0 unspecified atom stereocenters. The van der Waals surface area contributed by atoms with Crippen molar-refractivity contribution in [1.82, 2.24) is 24.8 Å². The Morgan fingerprint density at radius 2 is 2.44 bits per heavy atom. The van der Waals surface area contributed by atoms with Gasteiger partial charge in [-0.15, -0.1) is 10.2 Å². The summed E-state index contributed by atoms with van der Waals surface area (Å²) in [6.07, 6.45) is 1.55. The van der Waals surface area contributed by atoms with Crippen LogP contribution in [0.3, 0.4) is 0 Å². The molecule has 5 nitrogen and oxygen atoms in total. The zero-order chi connectivity index (χ0) is 6.27. The van der Waals surface area contributed by atoms with E-state index in [2.05, 4.69) is 36.2 Å². The van der Waals surface area contributed by atoms with Crippen molar-refractivity contribution in [3.05, 3.63) is 11.1 Å². The quantitative estimate of drug-likeness (QED) is 0.642. The zero-order valence-corrected chi connectivity index (χ0v) is 5.83. The first-order valence-electron chi connectivity index (χ1n) is 2.28. The average molecular weight is 188 g/mol. The van der Waals surface area contributed by atoms with Crippen molar-refractivity contribution in [2.75, 3.05) is 0 Å². The summed E-state index contributed by atoms with van der Waals surface area (Å²) in [7, 11) is 0. The van der Waals surface area contributed by atoms with Crippen LogP contribution in [0, 0.1) is 0 Å². The van der Waals surface area contributed by atoms with Crippen molar-refractivity contribution < 1.29 is 0 Å². The van der Waals surface area contributed by atoms with Gasteiger partial charge in [0, 0.05) is 0 Å². The fourth-order valence-corrected chi connectivity index (χ4v) is 0.937. The molecule has 1 N–H and O–H groups in total. The fourth-order valence-electron chi connectivity index (χ4n) is 0.597. The minimum Gasteiger partial charge on any atom is -0.278 e. The second kappa shape index (κ2) is 1.53. The van der Waals surface area contributed by atoms with Gasteiger partial charge in [-0.1, -0.05) is 0 Å². The summed E-state index contributed by atoms with van der Waals surface area (Å²) in [5, 5.41) is 10.2. The number of H-pyrrole nitrogens is 1. The Kier molecular flexibility index (Phi) is 0.839. The van der Waals surface area contributed by atoms with Crippen LogP contribution in [0.2, 0.25) is 0 Å². The van der Waals surface area contributed by atoms with Gasteiger partial charge in [-0.2, -0.15) is 9.50 Å². The Balaban J connectivity index is 2.99. The summed E-state index contributed by atoms with van der Waals surface area (Å²) < 4.78 is 2.26. The van der Waals surface area contributed by atoms with Gasteiger partial charge in [0.25, 0.3) is 5.78 Å². The van der Waals surface area contributed by atoms with Gasteiger partial charge in [-0.3, -0.25) is 5.10 Å². The zero-order valence-electron chi connectivity index (χ0n) is 4.24. The first-order chi connectivity index (χ1) is 4.38. The normalized spacial score (nSPS) is 10.8. The van der Waals surface area contributed by atoms with E-state index in [0.717, 1.165) is 0 Å². The maximum atomic E-state index is 3.84. The number of aromatic amines is 1. The molecule has 2 aromatic rings. The lowest BCUT2D eigenvalue weighted by Gasteiger charge is -1.77. The summed E-state index contributed by atoms with van der Waals surface area (Å²) in [6.45, 7) is 0. The van der Waals surface area contributed by atoms with E-state index in [-0.39, 0.29) is 0 Å². The number of nitrogens with one attached hydrogen (secondary N) is 1. The number of nitrogens with zero attached hydrogens (tertiary/aromatic N) is 4. The molecule has 46 valence electrons. The third-order valence-corrected chi connectivity index (χ3v) is 1.49. The highest BCUT2D eigenvalue weighted by molar-refractivity contribution is 9.10. The highest BCUT2D eigenvalue weighted by atomic mass is 79.9. The molecule has 9 heavy (non-hydrogen) atoms. The van der Waals surface area contributed by atoms with E-state index in [9.17, 15) is 0 Å². The number of hydrogen-bond acceptors (Lipinski definition) is 3. The molecule has 0 aliphatic carbocycles. The molecular weight excluding hydrogens is 186 g/mol. The van der Waals surface area contributed by atoms with Crippen LogP contribution < -0.4 is 0 Å². The molecule has 2 heterocycles. The summed E-state index contributed by atoms with van der Waals surface area (Å²) in [5.41, 5.74) is 0. The van der Waals surface area contributed by atoms with Gasteiger partial charge in [0.15, 0.2) is 0 Å². The van der Waals surface area contributed by atoms with E-state index in [1.807, 2.05) is 0 Å². The monoisotopic (exact) mass is 187 g/mol. The van der Waals surface area contributed by atoms with Crippen LogP contribution in [0.1, 0.15) is 0 Å². The summed E-state index contributed by atoms with van der Waals surface area (Å²) in [6, 6.07) is 0. The smallest absolute Gasteiger partial charge is 0.272 e. The molecule has 0 atom stereocenters. The molecule has 0 bridgehead atoms. The van der Waals surface area contributed by atoms with E-state index in [1.54, 1.807) is 10.8 Å². The Morgan fingerprint density at radius 3 is 3.22 bits per heavy atom. The maximum Gasteiger partial charge on any atom is 0.272 e. The third-order valence-electron chi connectivity index (χ3n) is 0.973. The summed E-state index contributed by atoms with van der Waals surface area (Å²) in [5.74, 6) is 0.571. The van der Waals surface area contributed by atoms with E-state index >= 15 is 0 Å². The molecule has 0 aromatic carbocycles. The molecule has 0 aliphatic rings. The van der Waals surface area contributed by atoms with Gasteiger partial charge in [0.05, 0.1) is 0 Å². The second-order valence-corrected chi connectivity index (χ2v) is 2.20. The lowest BCUT2D eigenvalue weighted by atomic mass is 11.1. The fraction of sp³-hybridized carbons (Fsp3) is 0. The van der Waals surface area contributed by atoms with Gasteiger partial charge in [0.1, 0.15) is 6.33 Å². The minimum atomic E-state index is 0.571. The van der Waals surface area contributed by atoms with E-state index in [1.165, 1.54) is 0 Å². The molecule has 0 spiro atoms. The molecule has 0 aliphatic heterocycles. The van der Waals surface area contributed by atoms with E-state index in [4.69, 9.17) is 0 Å². The van der Waals surface area contributed by atoms with Crippen LogP contribution in [0.4, 0.5) is 0 Å². The lowest BCUT2D eigenvalue weighted by molar-refractivity contribution is 0.919. The van der Waals surface area contributed by atoms with E-state index < -0.39 is 0 Å². The topological polar surface area (TPSA) is 58.9 Å². The lowest BCUT2D eigenvalue weighted by Crippen LogP contribution is -1.80. The first-order valence-corrected chi connectivity index (χ1v) is 3.07. The van der Waals surface area contributed by atoms with Crippen LogP contribution in [-0.4, -0.2) is 24.8 Å². The number of rotatable bonds is 0. The van der Waals surface area contributed by atoms with Crippen molar-refractivity contribution in [2.45, 2.75) is 0 Å². The summed E-state index contributed by atoms with van der Waals surface area (Å²) >= 11 is 3.16. The van der Waals surface area contributed by atoms with Gasteiger partial charge >= 0.3 is 0 Å². The molecule has 0 fully saturated rings. The van der Waals surface area contributed by atoms with Crippen molar-refractivity contribution in [2.24, 2.45) is 0 Å². The Labute approximate surface area is 58.2 Å². The number of halogens is 1. The Bertz CT molecular complexity index is 321. The van der Waals surface area contributed by atoms with Gasteiger partial charge in [0.2, 0.25) is 4.73 Å². The summed E-state index contributed by atoms with van der Waals surface area (Å²) in [4.78, 5) is 3.84. The van der Waals surface area contributed by atoms with Crippen molar-refractivity contribution >= 4 is 21.7 Å². The molecule has 6 heteroatoms. The third kappa shape index (κ3) is 0.561. The van der Waals surface area contributed by atoms with Crippen LogP contribution >= 0.6 is 15.9 Å². The molecule has 0 saturated carbocycles. The van der Waals surface area contributed by atoms with Crippen molar-refractivity contribution in [3.8, 4) is 0 Å². The van der Waals surface area contributed by atoms with Crippen LogP contribution in [0.15, 0.2) is 11.1 Å². The molecular formula is C3H2BrN5. The first kappa shape index (κ1) is 4.92. The molecule has 0 amide bonds. The standard InChI is InChI=1S/C3H2BrN5/c4-2-7-8-3-5-1-6-9(2)3/h1H,(H,5,6,8). The van der Waals surface area contributed by atoms with Gasteiger partial charge in [-0.25, -0.2) is 0 Å².